The Labute approximate surface area is 128 Å². The molecule has 22 heavy (non-hydrogen) atoms. The lowest BCUT2D eigenvalue weighted by atomic mass is 10.3. The number of hydrogen-bond donors (Lipinski definition) is 2. The van der Waals surface area contributed by atoms with Crippen LogP contribution < -0.4 is 16.0 Å². The first-order valence-electron chi connectivity index (χ1n) is 7.53. The second-order valence-corrected chi connectivity index (χ2v) is 5.53. The molecule has 0 atom stereocenters. The van der Waals surface area contributed by atoms with E-state index in [2.05, 4.69) is 26.4 Å². The second-order valence-electron chi connectivity index (χ2n) is 5.53. The molecule has 0 aliphatic carbocycles. The molecule has 6 nitrogen and oxygen atoms in total. The smallest absolute Gasteiger partial charge is 0.247 e. The Morgan fingerprint density at radius 3 is 2.55 bits per heavy atom. The number of anilines is 4. The molecule has 3 N–H and O–H groups in total. The van der Waals surface area contributed by atoms with Crippen molar-refractivity contribution in [2.75, 3.05) is 29.0 Å². The van der Waals surface area contributed by atoms with E-state index in [1.54, 1.807) is 0 Å². The lowest BCUT2D eigenvalue weighted by Crippen LogP contribution is -2.20. The van der Waals surface area contributed by atoms with Gasteiger partial charge in [0.15, 0.2) is 5.65 Å². The number of benzene rings is 1. The zero-order chi connectivity index (χ0) is 14.9. The molecule has 1 saturated heterocycles. The molecule has 0 saturated carbocycles. The molecule has 1 aliphatic rings. The first-order chi connectivity index (χ1) is 10.8. The number of nitrogens with zero attached hydrogens (tertiary/aromatic N) is 4. The van der Waals surface area contributed by atoms with Gasteiger partial charge in [-0.1, -0.05) is 6.07 Å². The predicted molar refractivity (Wildman–Crippen MR) is 88.6 cm³/mol. The normalized spacial score (nSPS) is 14.6. The van der Waals surface area contributed by atoms with Gasteiger partial charge in [-0.3, -0.25) is 0 Å². The molecule has 1 aromatic carbocycles. The van der Waals surface area contributed by atoms with Crippen LogP contribution in [-0.4, -0.2) is 27.7 Å². The first-order valence-corrected chi connectivity index (χ1v) is 7.53. The van der Waals surface area contributed by atoms with E-state index >= 15 is 0 Å². The third-order valence-electron chi connectivity index (χ3n) is 3.94. The molecule has 0 unspecified atom stereocenters. The number of fused-ring (bicyclic) bond motifs is 1. The topological polar surface area (TPSA) is 71.5 Å². The standard InChI is InChI=1S/C16H18N6/c17-12-6-8-13(9-7-12)18-16-19-14-4-3-5-15(22(14)20-16)21-10-1-2-11-21/h3-9H,1-2,10-11,17H2,(H,18,20). The molecule has 112 valence electrons. The summed E-state index contributed by atoms with van der Waals surface area (Å²) >= 11 is 0. The summed E-state index contributed by atoms with van der Waals surface area (Å²) in [6, 6.07) is 13.7. The summed E-state index contributed by atoms with van der Waals surface area (Å²) in [7, 11) is 0. The van der Waals surface area contributed by atoms with E-state index < -0.39 is 0 Å². The van der Waals surface area contributed by atoms with Gasteiger partial charge < -0.3 is 16.0 Å². The number of rotatable bonds is 3. The van der Waals surface area contributed by atoms with Gasteiger partial charge in [0.1, 0.15) is 5.82 Å². The Hall–Kier alpha value is -2.76. The molecular weight excluding hydrogens is 276 g/mol. The van der Waals surface area contributed by atoms with E-state index in [0.717, 1.165) is 35.9 Å². The minimum absolute atomic E-state index is 0.594. The maximum Gasteiger partial charge on any atom is 0.247 e. The monoisotopic (exact) mass is 294 g/mol. The van der Waals surface area contributed by atoms with Crippen LogP contribution in [0.15, 0.2) is 42.5 Å². The Kier molecular flexibility index (Phi) is 3.07. The van der Waals surface area contributed by atoms with Crippen LogP contribution >= 0.6 is 0 Å². The van der Waals surface area contributed by atoms with Gasteiger partial charge >= 0.3 is 0 Å². The summed E-state index contributed by atoms with van der Waals surface area (Å²) in [6.07, 6.45) is 2.48. The molecule has 1 fully saturated rings. The summed E-state index contributed by atoms with van der Waals surface area (Å²) in [5, 5.41) is 7.82. The lowest BCUT2D eigenvalue weighted by Gasteiger charge is -2.17. The van der Waals surface area contributed by atoms with E-state index in [4.69, 9.17) is 5.73 Å². The second kappa shape index (κ2) is 5.22. The van der Waals surface area contributed by atoms with Crippen LogP contribution in [0, 0.1) is 0 Å². The molecule has 0 amide bonds. The van der Waals surface area contributed by atoms with Gasteiger partial charge in [0.25, 0.3) is 0 Å². The predicted octanol–water partition coefficient (Wildman–Crippen LogP) is 2.66. The number of nitrogen functional groups attached to an aromatic ring is 1. The van der Waals surface area contributed by atoms with Crippen molar-refractivity contribution in [2.24, 2.45) is 0 Å². The van der Waals surface area contributed by atoms with Crippen molar-refractivity contribution in [1.82, 2.24) is 14.6 Å². The molecule has 0 bridgehead atoms. The van der Waals surface area contributed by atoms with Gasteiger partial charge in [-0.05, 0) is 49.2 Å². The highest BCUT2D eigenvalue weighted by Crippen LogP contribution is 2.22. The average Bonchev–Trinajstić information content (AvgIpc) is 3.18. The maximum absolute atomic E-state index is 5.70. The number of hydrogen-bond acceptors (Lipinski definition) is 5. The Morgan fingerprint density at radius 2 is 1.77 bits per heavy atom. The fraction of sp³-hybridized carbons (Fsp3) is 0.250. The minimum atomic E-state index is 0.594. The van der Waals surface area contributed by atoms with Crippen LogP contribution in [-0.2, 0) is 0 Å². The fourth-order valence-corrected chi connectivity index (χ4v) is 2.83. The lowest BCUT2D eigenvalue weighted by molar-refractivity contribution is 0.863. The highest BCUT2D eigenvalue weighted by molar-refractivity contribution is 5.60. The summed E-state index contributed by atoms with van der Waals surface area (Å²) in [4.78, 5) is 6.90. The quantitative estimate of drug-likeness (QED) is 0.727. The van der Waals surface area contributed by atoms with Crippen molar-refractivity contribution in [3.63, 3.8) is 0 Å². The Balaban J connectivity index is 1.68. The zero-order valence-corrected chi connectivity index (χ0v) is 12.2. The largest absolute Gasteiger partial charge is 0.399 e. The summed E-state index contributed by atoms with van der Waals surface area (Å²) in [5.41, 5.74) is 8.22. The van der Waals surface area contributed by atoms with Crippen molar-refractivity contribution in [3.8, 4) is 0 Å². The number of aromatic nitrogens is 3. The molecule has 1 aliphatic heterocycles. The molecule has 3 aromatic rings. The van der Waals surface area contributed by atoms with Crippen LogP contribution in [0.5, 0.6) is 0 Å². The minimum Gasteiger partial charge on any atom is -0.399 e. The summed E-state index contributed by atoms with van der Waals surface area (Å²) in [5.74, 6) is 1.70. The molecular formula is C16H18N6. The number of pyridine rings is 1. The molecule has 0 radical (unpaired) electrons. The van der Waals surface area contributed by atoms with Gasteiger partial charge in [0.2, 0.25) is 5.95 Å². The summed E-state index contributed by atoms with van der Waals surface area (Å²) in [6.45, 7) is 2.17. The molecule has 2 aromatic heterocycles. The fourth-order valence-electron chi connectivity index (χ4n) is 2.83. The highest BCUT2D eigenvalue weighted by atomic mass is 15.4. The number of nitrogens with one attached hydrogen (secondary N) is 1. The van der Waals surface area contributed by atoms with E-state index in [1.165, 1.54) is 12.8 Å². The average molecular weight is 294 g/mol. The molecule has 3 heterocycles. The van der Waals surface area contributed by atoms with E-state index in [1.807, 2.05) is 40.9 Å². The van der Waals surface area contributed by atoms with E-state index in [0.29, 0.717) is 5.95 Å². The van der Waals surface area contributed by atoms with Gasteiger partial charge in [0, 0.05) is 24.5 Å². The van der Waals surface area contributed by atoms with Gasteiger partial charge in [-0.2, -0.15) is 9.50 Å². The zero-order valence-electron chi connectivity index (χ0n) is 12.2. The van der Waals surface area contributed by atoms with Crippen LogP contribution in [0.2, 0.25) is 0 Å². The van der Waals surface area contributed by atoms with Crippen molar-refractivity contribution in [3.05, 3.63) is 42.5 Å². The van der Waals surface area contributed by atoms with Gasteiger partial charge in [0.05, 0.1) is 0 Å². The molecule has 0 spiro atoms. The third kappa shape index (κ3) is 2.32. The Bertz CT molecular complexity index is 786. The number of nitrogens with two attached hydrogens (primary N) is 1. The van der Waals surface area contributed by atoms with Crippen LogP contribution in [0.3, 0.4) is 0 Å². The SMILES string of the molecule is Nc1ccc(Nc2nc3cccc(N4CCCC4)n3n2)cc1. The highest BCUT2D eigenvalue weighted by Gasteiger charge is 2.16. The van der Waals surface area contributed by atoms with Crippen LogP contribution in [0.4, 0.5) is 23.1 Å². The van der Waals surface area contributed by atoms with Crippen molar-refractivity contribution >= 4 is 28.8 Å². The maximum atomic E-state index is 5.70. The summed E-state index contributed by atoms with van der Waals surface area (Å²) < 4.78 is 1.91. The molecule has 6 heteroatoms. The van der Waals surface area contributed by atoms with Crippen molar-refractivity contribution < 1.29 is 0 Å². The molecule has 4 rings (SSSR count). The van der Waals surface area contributed by atoms with Gasteiger partial charge in [-0.15, -0.1) is 5.10 Å². The van der Waals surface area contributed by atoms with Crippen molar-refractivity contribution in [1.29, 1.82) is 0 Å². The first kappa shape index (κ1) is 12.9. The van der Waals surface area contributed by atoms with E-state index in [9.17, 15) is 0 Å². The van der Waals surface area contributed by atoms with Crippen molar-refractivity contribution in [2.45, 2.75) is 12.8 Å². The van der Waals surface area contributed by atoms with E-state index in [-0.39, 0.29) is 0 Å². The Morgan fingerprint density at radius 1 is 1.00 bits per heavy atom. The van der Waals surface area contributed by atoms with Gasteiger partial charge in [-0.25, -0.2) is 0 Å². The van der Waals surface area contributed by atoms with Crippen LogP contribution in [0.1, 0.15) is 12.8 Å². The third-order valence-corrected chi connectivity index (χ3v) is 3.94. The van der Waals surface area contributed by atoms with Crippen LogP contribution in [0.25, 0.3) is 5.65 Å².